The zero-order valence-corrected chi connectivity index (χ0v) is 15.6. The molecular formula is C19H24N2O3S. The number of furan rings is 1. The zero-order valence-electron chi connectivity index (χ0n) is 14.8. The third-order valence-corrected chi connectivity index (χ3v) is 5.42. The molecular weight excluding hydrogens is 336 g/mol. The van der Waals surface area contributed by atoms with Crippen LogP contribution in [0.4, 0.5) is 4.79 Å². The summed E-state index contributed by atoms with van der Waals surface area (Å²) >= 11 is 1.28. The fraction of sp³-hybridized carbons (Fsp3) is 0.474. The number of likely N-dealkylation sites (N-methyl/N-ethyl adjacent to an activating group) is 1. The first-order valence-corrected chi connectivity index (χ1v) is 9.73. The Kier molecular flexibility index (Phi) is 5.68. The summed E-state index contributed by atoms with van der Waals surface area (Å²) in [7, 11) is 1.79. The summed E-state index contributed by atoms with van der Waals surface area (Å²) in [6, 6.07) is 7.97. The van der Waals surface area contributed by atoms with Gasteiger partial charge in [-0.3, -0.25) is 9.59 Å². The number of unbranched alkanes of at least 4 members (excludes halogenated alkanes) is 1. The maximum Gasteiger partial charge on any atom is 0.282 e. The predicted molar refractivity (Wildman–Crippen MR) is 101 cm³/mol. The molecule has 0 atom stereocenters. The molecule has 0 N–H and O–H groups in total. The van der Waals surface area contributed by atoms with Gasteiger partial charge in [0, 0.05) is 43.3 Å². The largest absolute Gasteiger partial charge is 0.461 e. The van der Waals surface area contributed by atoms with Gasteiger partial charge in [0.15, 0.2) is 0 Å². The van der Waals surface area contributed by atoms with Gasteiger partial charge in [0.05, 0.1) is 0 Å². The van der Waals surface area contributed by atoms with Gasteiger partial charge in [-0.15, -0.1) is 0 Å². The number of aryl methyl sites for hydroxylation is 1. The lowest BCUT2D eigenvalue weighted by atomic mass is 10.1. The van der Waals surface area contributed by atoms with E-state index >= 15 is 0 Å². The third kappa shape index (κ3) is 4.00. The number of benzene rings is 1. The second kappa shape index (κ2) is 7.95. The Hall–Kier alpha value is -1.95. The molecule has 2 heterocycles. The van der Waals surface area contributed by atoms with Crippen LogP contribution in [-0.2, 0) is 17.8 Å². The molecule has 25 heavy (non-hydrogen) atoms. The number of para-hydroxylation sites is 1. The summed E-state index contributed by atoms with van der Waals surface area (Å²) < 4.78 is 6.03. The van der Waals surface area contributed by atoms with E-state index in [0.29, 0.717) is 13.1 Å². The van der Waals surface area contributed by atoms with Crippen molar-refractivity contribution < 1.29 is 14.0 Å². The highest BCUT2D eigenvalue weighted by atomic mass is 32.2. The second-order valence-corrected chi connectivity index (χ2v) is 7.44. The van der Waals surface area contributed by atoms with Crippen LogP contribution in [0.2, 0.25) is 0 Å². The van der Waals surface area contributed by atoms with Crippen molar-refractivity contribution in [2.75, 3.05) is 25.9 Å². The standard InChI is InChI=1S/C19H24N2O3S/c1-3-4-8-17-15(14-7-5-6-9-16(14)24-17)12-20(2)18(22)13-21-10-11-25-19(21)23/h5-7,9H,3-4,8,10-13H2,1-2H3. The molecule has 0 radical (unpaired) electrons. The average molecular weight is 360 g/mol. The van der Waals surface area contributed by atoms with Gasteiger partial charge in [-0.1, -0.05) is 43.3 Å². The first-order valence-electron chi connectivity index (χ1n) is 8.75. The summed E-state index contributed by atoms with van der Waals surface area (Å²) in [6.07, 6.45) is 3.04. The molecule has 1 fully saturated rings. The molecule has 0 saturated carbocycles. The van der Waals surface area contributed by atoms with Gasteiger partial charge in [0.25, 0.3) is 5.24 Å². The van der Waals surface area contributed by atoms with Gasteiger partial charge in [-0.05, 0) is 12.5 Å². The van der Waals surface area contributed by atoms with Gasteiger partial charge in [0.1, 0.15) is 17.9 Å². The van der Waals surface area contributed by atoms with Gasteiger partial charge >= 0.3 is 0 Å². The minimum absolute atomic E-state index is 0.000791. The maximum absolute atomic E-state index is 12.5. The topological polar surface area (TPSA) is 53.8 Å². The van der Waals surface area contributed by atoms with E-state index < -0.39 is 0 Å². The van der Waals surface area contributed by atoms with Crippen LogP contribution in [-0.4, -0.2) is 46.8 Å². The predicted octanol–water partition coefficient (Wildman–Crippen LogP) is 3.90. The van der Waals surface area contributed by atoms with Crippen molar-refractivity contribution in [3.63, 3.8) is 0 Å². The Morgan fingerprint density at radius 2 is 2.16 bits per heavy atom. The lowest BCUT2D eigenvalue weighted by Gasteiger charge is -2.21. The Balaban J connectivity index is 1.76. The van der Waals surface area contributed by atoms with Crippen LogP contribution in [0.5, 0.6) is 0 Å². The number of carbonyl (C=O) groups is 2. The van der Waals surface area contributed by atoms with Crippen LogP contribution in [0.15, 0.2) is 28.7 Å². The molecule has 1 aliphatic heterocycles. The molecule has 0 spiro atoms. The van der Waals surface area contributed by atoms with E-state index in [9.17, 15) is 9.59 Å². The summed E-state index contributed by atoms with van der Waals surface area (Å²) in [6.45, 7) is 3.47. The van der Waals surface area contributed by atoms with Crippen molar-refractivity contribution in [1.29, 1.82) is 0 Å². The summed E-state index contributed by atoms with van der Waals surface area (Å²) in [4.78, 5) is 27.5. The number of hydrogen-bond acceptors (Lipinski definition) is 4. The molecule has 1 aromatic heterocycles. The van der Waals surface area contributed by atoms with Crippen LogP contribution in [0.25, 0.3) is 11.0 Å². The van der Waals surface area contributed by atoms with Gasteiger partial charge < -0.3 is 14.2 Å². The smallest absolute Gasteiger partial charge is 0.282 e. The molecule has 1 aliphatic rings. The van der Waals surface area contributed by atoms with Crippen LogP contribution in [0.3, 0.4) is 0 Å². The van der Waals surface area contributed by atoms with Crippen LogP contribution in [0, 0.1) is 0 Å². The Labute approximate surface area is 152 Å². The third-order valence-electron chi connectivity index (χ3n) is 4.53. The fourth-order valence-electron chi connectivity index (χ4n) is 3.04. The van der Waals surface area contributed by atoms with E-state index in [-0.39, 0.29) is 17.7 Å². The number of fused-ring (bicyclic) bond motifs is 1. The van der Waals surface area contributed by atoms with Gasteiger partial charge in [-0.25, -0.2) is 0 Å². The van der Waals surface area contributed by atoms with Gasteiger partial charge in [-0.2, -0.15) is 0 Å². The first-order chi connectivity index (χ1) is 12.1. The highest BCUT2D eigenvalue weighted by Crippen LogP contribution is 2.28. The molecule has 0 bridgehead atoms. The van der Waals surface area contributed by atoms with Crippen molar-refractivity contribution in [2.45, 2.75) is 32.7 Å². The molecule has 2 amide bonds. The molecule has 5 nitrogen and oxygen atoms in total. The Bertz CT molecular complexity index is 771. The van der Waals surface area contributed by atoms with Crippen LogP contribution >= 0.6 is 11.8 Å². The molecule has 6 heteroatoms. The fourth-order valence-corrected chi connectivity index (χ4v) is 3.87. The lowest BCUT2D eigenvalue weighted by molar-refractivity contribution is -0.130. The van der Waals surface area contributed by atoms with Crippen LogP contribution in [0.1, 0.15) is 31.1 Å². The number of thioether (sulfide) groups is 1. The molecule has 3 rings (SSSR count). The van der Waals surface area contributed by atoms with Crippen molar-refractivity contribution in [1.82, 2.24) is 9.80 Å². The average Bonchev–Trinajstić information content (AvgIpc) is 3.17. The normalized spacial score (nSPS) is 14.5. The van der Waals surface area contributed by atoms with E-state index in [2.05, 4.69) is 6.92 Å². The first kappa shape index (κ1) is 17.9. The quantitative estimate of drug-likeness (QED) is 0.751. The summed E-state index contributed by atoms with van der Waals surface area (Å²) in [5.74, 6) is 1.70. The molecule has 0 unspecified atom stereocenters. The molecule has 2 aromatic rings. The van der Waals surface area contributed by atoms with Gasteiger partial charge in [0.2, 0.25) is 5.91 Å². The van der Waals surface area contributed by atoms with Crippen molar-refractivity contribution in [2.24, 2.45) is 0 Å². The van der Waals surface area contributed by atoms with E-state index in [1.165, 1.54) is 11.8 Å². The lowest BCUT2D eigenvalue weighted by Crippen LogP contribution is -2.38. The zero-order chi connectivity index (χ0) is 17.8. The molecule has 1 aromatic carbocycles. The van der Waals surface area contributed by atoms with Crippen molar-refractivity contribution in [3.05, 3.63) is 35.6 Å². The Morgan fingerprint density at radius 1 is 1.36 bits per heavy atom. The molecule has 1 saturated heterocycles. The van der Waals surface area contributed by atoms with E-state index in [4.69, 9.17) is 4.42 Å². The summed E-state index contributed by atoms with van der Waals surface area (Å²) in [5, 5.41) is 1.07. The number of nitrogens with zero attached hydrogens (tertiary/aromatic N) is 2. The van der Waals surface area contributed by atoms with Crippen LogP contribution < -0.4 is 0 Å². The second-order valence-electron chi connectivity index (χ2n) is 6.39. The minimum atomic E-state index is -0.0393. The maximum atomic E-state index is 12.5. The monoisotopic (exact) mass is 360 g/mol. The van der Waals surface area contributed by atoms with E-state index in [1.54, 1.807) is 16.8 Å². The molecule has 0 aliphatic carbocycles. The number of rotatable bonds is 7. The SMILES string of the molecule is CCCCc1oc2ccccc2c1CN(C)C(=O)CN1CCSC1=O. The highest BCUT2D eigenvalue weighted by molar-refractivity contribution is 8.13. The Morgan fingerprint density at radius 3 is 2.88 bits per heavy atom. The number of amides is 2. The molecule has 134 valence electrons. The highest BCUT2D eigenvalue weighted by Gasteiger charge is 2.25. The number of hydrogen-bond donors (Lipinski definition) is 0. The van der Waals surface area contributed by atoms with E-state index in [1.807, 2.05) is 24.3 Å². The number of carbonyl (C=O) groups excluding carboxylic acids is 2. The minimum Gasteiger partial charge on any atom is -0.461 e. The summed E-state index contributed by atoms with van der Waals surface area (Å²) in [5.41, 5.74) is 1.96. The van der Waals surface area contributed by atoms with Crippen molar-refractivity contribution in [3.8, 4) is 0 Å². The van der Waals surface area contributed by atoms with E-state index in [0.717, 1.165) is 47.3 Å². The van der Waals surface area contributed by atoms with Crippen molar-refractivity contribution >= 4 is 33.9 Å².